The Kier molecular flexibility index (Phi) is 3.20. The first-order chi connectivity index (χ1) is 11.0. The van der Waals surface area contributed by atoms with Gasteiger partial charge in [0.05, 0.1) is 18.2 Å². The molecule has 1 aromatic heterocycles. The Morgan fingerprint density at radius 3 is 2.65 bits per heavy atom. The summed E-state index contributed by atoms with van der Waals surface area (Å²) in [4.78, 5) is 12.6. The Balaban J connectivity index is 1.83. The molecule has 4 rings (SSSR count). The zero-order valence-electron chi connectivity index (χ0n) is 12.9. The molecule has 0 spiro atoms. The molecule has 0 aliphatic carbocycles. The molecule has 3 nitrogen and oxygen atoms in total. The van der Waals surface area contributed by atoms with Crippen molar-refractivity contribution in [3.05, 3.63) is 63.9 Å². The van der Waals surface area contributed by atoms with Gasteiger partial charge < -0.3 is 9.15 Å². The number of fused-ring (bicyclic) bond motifs is 2. The van der Waals surface area contributed by atoms with Crippen molar-refractivity contribution in [3.63, 3.8) is 0 Å². The maximum absolute atomic E-state index is 12.6. The van der Waals surface area contributed by atoms with E-state index in [1.54, 1.807) is 6.26 Å². The molecule has 0 radical (unpaired) electrons. The Morgan fingerprint density at radius 2 is 1.91 bits per heavy atom. The van der Waals surface area contributed by atoms with Crippen LogP contribution < -0.4 is 4.74 Å². The smallest absolute Gasteiger partial charge is 0.170 e. The molecule has 23 heavy (non-hydrogen) atoms. The molecule has 0 saturated heterocycles. The van der Waals surface area contributed by atoms with Crippen LogP contribution in [0, 0.1) is 13.8 Å². The maximum atomic E-state index is 12.6. The normalized spacial score (nSPS) is 17.2. The van der Waals surface area contributed by atoms with Gasteiger partial charge in [-0.3, -0.25) is 4.79 Å². The van der Waals surface area contributed by atoms with Gasteiger partial charge in [0.1, 0.15) is 17.4 Å². The van der Waals surface area contributed by atoms with Crippen molar-refractivity contribution in [1.82, 2.24) is 0 Å². The minimum absolute atomic E-state index is 0.0943. The third kappa shape index (κ3) is 2.23. The number of carbonyl (C=O) groups excluding carboxylic acids is 1. The highest BCUT2D eigenvalue weighted by Crippen LogP contribution is 2.41. The standard InChI is InChI=1S/C19H15ClO3/c1-10-9-22-18-11(2)19-15(7-14(10)18)16(21)8-17(23-19)12-3-5-13(20)6-4-12/h3-7,9,17H,8H2,1-2H3. The average Bonchev–Trinajstić information content (AvgIpc) is 2.91. The molecule has 1 unspecified atom stereocenters. The Bertz CT molecular complexity index is 922. The summed E-state index contributed by atoms with van der Waals surface area (Å²) >= 11 is 5.93. The van der Waals surface area contributed by atoms with Crippen LogP contribution in [0.5, 0.6) is 5.75 Å². The average molecular weight is 327 g/mol. The van der Waals surface area contributed by atoms with Gasteiger partial charge in [-0.2, -0.15) is 0 Å². The largest absolute Gasteiger partial charge is 0.484 e. The van der Waals surface area contributed by atoms with Crippen molar-refractivity contribution in [1.29, 1.82) is 0 Å². The van der Waals surface area contributed by atoms with Crippen LogP contribution in [0.25, 0.3) is 11.0 Å². The van der Waals surface area contributed by atoms with E-state index in [4.69, 9.17) is 20.8 Å². The topological polar surface area (TPSA) is 39.4 Å². The van der Waals surface area contributed by atoms with Gasteiger partial charge in [-0.15, -0.1) is 0 Å². The second kappa shape index (κ2) is 5.14. The SMILES string of the molecule is Cc1coc2c(C)c3c(cc12)C(=O)CC(c1ccc(Cl)cc1)O3. The number of ketones is 1. The van der Waals surface area contributed by atoms with Gasteiger partial charge in [-0.25, -0.2) is 0 Å². The first kappa shape index (κ1) is 14.3. The summed E-state index contributed by atoms with van der Waals surface area (Å²) in [5.74, 6) is 0.722. The zero-order valence-corrected chi connectivity index (χ0v) is 13.6. The third-order valence-electron chi connectivity index (χ3n) is 4.41. The van der Waals surface area contributed by atoms with Gasteiger partial charge in [-0.1, -0.05) is 23.7 Å². The molecular formula is C19H15ClO3. The fourth-order valence-corrected chi connectivity index (χ4v) is 3.25. The first-order valence-electron chi connectivity index (χ1n) is 7.51. The van der Waals surface area contributed by atoms with Gasteiger partial charge in [-0.05, 0) is 43.2 Å². The van der Waals surface area contributed by atoms with E-state index in [1.165, 1.54) is 0 Å². The molecule has 0 N–H and O–H groups in total. The van der Waals surface area contributed by atoms with E-state index in [9.17, 15) is 4.79 Å². The number of carbonyl (C=O) groups is 1. The second-order valence-corrected chi connectivity index (χ2v) is 6.40. The van der Waals surface area contributed by atoms with E-state index < -0.39 is 0 Å². The van der Waals surface area contributed by atoms with Crippen LogP contribution in [-0.2, 0) is 0 Å². The van der Waals surface area contributed by atoms with Crippen LogP contribution in [0.15, 0.2) is 41.0 Å². The molecule has 1 aliphatic heterocycles. The second-order valence-electron chi connectivity index (χ2n) is 5.96. The van der Waals surface area contributed by atoms with E-state index in [0.717, 1.165) is 27.7 Å². The summed E-state index contributed by atoms with van der Waals surface area (Å²) in [7, 11) is 0. The lowest BCUT2D eigenvalue weighted by atomic mass is 9.93. The predicted octanol–water partition coefficient (Wildman–Crippen LogP) is 5.41. The summed E-state index contributed by atoms with van der Waals surface area (Å²) < 4.78 is 11.8. The van der Waals surface area contributed by atoms with Gasteiger partial charge in [0, 0.05) is 16.0 Å². The molecule has 2 heterocycles. The van der Waals surface area contributed by atoms with Crippen LogP contribution in [0.2, 0.25) is 5.02 Å². The van der Waals surface area contributed by atoms with Crippen LogP contribution in [0.3, 0.4) is 0 Å². The highest BCUT2D eigenvalue weighted by Gasteiger charge is 2.30. The molecule has 1 atom stereocenters. The van der Waals surface area contributed by atoms with E-state index in [2.05, 4.69) is 0 Å². The lowest BCUT2D eigenvalue weighted by molar-refractivity contribution is 0.0849. The third-order valence-corrected chi connectivity index (χ3v) is 4.66. The van der Waals surface area contributed by atoms with Crippen LogP contribution >= 0.6 is 11.6 Å². The molecule has 116 valence electrons. The number of benzene rings is 2. The number of ether oxygens (including phenoxy) is 1. The zero-order chi connectivity index (χ0) is 16.1. The lowest BCUT2D eigenvalue weighted by Gasteiger charge is -2.27. The van der Waals surface area contributed by atoms with Crippen molar-refractivity contribution in [2.75, 3.05) is 0 Å². The maximum Gasteiger partial charge on any atom is 0.170 e. The molecule has 0 amide bonds. The lowest BCUT2D eigenvalue weighted by Crippen LogP contribution is -2.21. The Labute approximate surface area is 138 Å². The molecule has 3 aromatic rings. The fraction of sp³-hybridized carbons (Fsp3) is 0.211. The van der Waals surface area contributed by atoms with Crippen molar-refractivity contribution >= 4 is 28.4 Å². The highest BCUT2D eigenvalue weighted by molar-refractivity contribution is 6.30. The van der Waals surface area contributed by atoms with Crippen LogP contribution in [-0.4, -0.2) is 5.78 Å². The van der Waals surface area contributed by atoms with Gasteiger partial charge >= 0.3 is 0 Å². The first-order valence-corrected chi connectivity index (χ1v) is 7.89. The van der Waals surface area contributed by atoms with Crippen molar-refractivity contribution in [3.8, 4) is 5.75 Å². The fourth-order valence-electron chi connectivity index (χ4n) is 3.12. The number of rotatable bonds is 1. The minimum atomic E-state index is -0.292. The number of Topliss-reactive ketones (excluding diaryl/α,β-unsaturated/α-hetero) is 1. The minimum Gasteiger partial charge on any atom is -0.484 e. The van der Waals surface area contributed by atoms with Crippen LogP contribution in [0.1, 0.15) is 39.6 Å². The van der Waals surface area contributed by atoms with E-state index >= 15 is 0 Å². The number of halogens is 1. The summed E-state index contributed by atoms with van der Waals surface area (Å²) in [5, 5.41) is 1.64. The summed E-state index contributed by atoms with van der Waals surface area (Å²) in [6.45, 7) is 3.91. The van der Waals surface area contributed by atoms with Gasteiger partial charge in [0.25, 0.3) is 0 Å². The van der Waals surface area contributed by atoms with Crippen molar-refractivity contribution in [2.24, 2.45) is 0 Å². The molecular weight excluding hydrogens is 312 g/mol. The highest BCUT2D eigenvalue weighted by atomic mass is 35.5. The Morgan fingerprint density at radius 1 is 1.17 bits per heavy atom. The predicted molar refractivity (Wildman–Crippen MR) is 89.5 cm³/mol. The van der Waals surface area contributed by atoms with Gasteiger partial charge in [0.2, 0.25) is 0 Å². The molecule has 1 aliphatic rings. The monoisotopic (exact) mass is 326 g/mol. The summed E-state index contributed by atoms with van der Waals surface area (Å²) in [5.41, 5.74) is 4.27. The van der Waals surface area contributed by atoms with E-state index in [1.807, 2.05) is 44.2 Å². The molecule has 2 aromatic carbocycles. The van der Waals surface area contributed by atoms with E-state index in [0.29, 0.717) is 22.8 Å². The van der Waals surface area contributed by atoms with Crippen molar-refractivity contribution < 1.29 is 13.9 Å². The van der Waals surface area contributed by atoms with Gasteiger partial charge in [0.15, 0.2) is 5.78 Å². The molecule has 4 heteroatoms. The number of furan rings is 1. The van der Waals surface area contributed by atoms with E-state index in [-0.39, 0.29) is 11.9 Å². The summed E-state index contributed by atoms with van der Waals surface area (Å²) in [6.07, 6.45) is 1.75. The quantitative estimate of drug-likeness (QED) is 0.600. The van der Waals surface area contributed by atoms with Crippen LogP contribution in [0.4, 0.5) is 0 Å². The molecule has 0 fully saturated rings. The molecule has 0 bridgehead atoms. The van der Waals surface area contributed by atoms with Crippen molar-refractivity contribution in [2.45, 2.75) is 26.4 Å². The number of hydrogen-bond donors (Lipinski definition) is 0. The Hall–Kier alpha value is -2.26. The number of hydrogen-bond acceptors (Lipinski definition) is 3. The number of aryl methyl sites for hydroxylation is 2. The summed E-state index contributed by atoms with van der Waals surface area (Å²) in [6, 6.07) is 9.31. The molecule has 0 saturated carbocycles.